The molecule has 2 N–H and O–H groups in total. The molecule has 0 heterocycles. The van der Waals surface area contributed by atoms with Gasteiger partial charge in [0.25, 0.3) is 0 Å². The van der Waals surface area contributed by atoms with Crippen LogP contribution in [-0.4, -0.2) is 18.8 Å². The van der Waals surface area contributed by atoms with Crippen molar-refractivity contribution in [3.8, 4) is 0 Å². The Kier molecular flexibility index (Phi) is 3.87. The monoisotopic (exact) mass is 157 g/mol. The Morgan fingerprint density at radius 1 is 1.27 bits per heavy atom. The first kappa shape index (κ1) is 9.01. The van der Waals surface area contributed by atoms with Gasteiger partial charge in [0.15, 0.2) is 0 Å². The van der Waals surface area contributed by atoms with Crippen molar-refractivity contribution in [1.29, 1.82) is 0 Å². The molecule has 0 spiro atoms. The molecule has 2 heteroatoms. The van der Waals surface area contributed by atoms with Gasteiger partial charge in [-0.2, -0.15) is 0 Å². The van der Waals surface area contributed by atoms with E-state index in [1.54, 1.807) is 0 Å². The minimum absolute atomic E-state index is 0.289. The molecular formula is C9H19NO. The van der Waals surface area contributed by atoms with E-state index in [9.17, 15) is 0 Å². The third-order valence-electron chi connectivity index (χ3n) is 2.38. The van der Waals surface area contributed by atoms with Crippen molar-refractivity contribution in [1.82, 2.24) is 0 Å². The Morgan fingerprint density at radius 3 is 2.73 bits per heavy atom. The van der Waals surface area contributed by atoms with Crippen LogP contribution in [0.4, 0.5) is 0 Å². The zero-order chi connectivity index (χ0) is 8.10. The van der Waals surface area contributed by atoms with Crippen LogP contribution < -0.4 is 5.73 Å². The highest BCUT2D eigenvalue weighted by molar-refractivity contribution is 4.76. The molecule has 1 rings (SSSR count). The van der Waals surface area contributed by atoms with Crippen LogP contribution in [0.2, 0.25) is 0 Å². The second kappa shape index (κ2) is 4.73. The van der Waals surface area contributed by atoms with Crippen LogP contribution in [0.3, 0.4) is 0 Å². The summed E-state index contributed by atoms with van der Waals surface area (Å²) in [5, 5.41) is 0. The average molecular weight is 157 g/mol. The molecule has 2 unspecified atom stereocenters. The first-order valence-corrected chi connectivity index (χ1v) is 4.71. The van der Waals surface area contributed by atoms with E-state index >= 15 is 0 Å². The quantitative estimate of drug-likeness (QED) is 0.619. The van der Waals surface area contributed by atoms with Gasteiger partial charge in [-0.3, -0.25) is 0 Å². The zero-order valence-corrected chi connectivity index (χ0v) is 7.38. The van der Waals surface area contributed by atoms with Crippen molar-refractivity contribution in [2.45, 2.75) is 51.2 Å². The van der Waals surface area contributed by atoms with Gasteiger partial charge in [-0.25, -0.2) is 0 Å². The van der Waals surface area contributed by atoms with Gasteiger partial charge in [0.1, 0.15) is 0 Å². The predicted molar refractivity (Wildman–Crippen MR) is 46.5 cm³/mol. The van der Waals surface area contributed by atoms with Crippen molar-refractivity contribution in [3.05, 3.63) is 0 Å². The third kappa shape index (κ3) is 2.80. The minimum Gasteiger partial charge on any atom is -0.377 e. The van der Waals surface area contributed by atoms with Crippen LogP contribution >= 0.6 is 0 Å². The van der Waals surface area contributed by atoms with Crippen LogP contribution in [0, 0.1) is 0 Å². The maximum absolute atomic E-state index is 5.94. The van der Waals surface area contributed by atoms with E-state index in [2.05, 4.69) is 0 Å². The first-order chi connectivity index (χ1) is 5.34. The van der Waals surface area contributed by atoms with E-state index in [1.165, 1.54) is 19.3 Å². The molecule has 0 aromatic rings. The van der Waals surface area contributed by atoms with Crippen LogP contribution in [0.15, 0.2) is 0 Å². The molecule has 66 valence electrons. The molecule has 0 aliphatic heterocycles. The summed E-state index contributed by atoms with van der Waals surface area (Å²) in [7, 11) is 0. The second-order valence-corrected chi connectivity index (χ2v) is 3.30. The molecule has 0 aromatic heterocycles. The van der Waals surface area contributed by atoms with Crippen molar-refractivity contribution < 1.29 is 4.74 Å². The van der Waals surface area contributed by atoms with Gasteiger partial charge in [-0.15, -0.1) is 0 Å². The normalized spacial score (nSPS) is 33.3. The minimum atomic E-state index is 0.289. The van der Waals surface area contributed by atoms with Crippen LogP contribution in [0.25, 0.3) is 0 Å². The fraction of sp³-hybridized carbons (Fsp3) is 1.00. The fourth-order valence-corrected chi connectivity index (χ4v) is 1.72. The van der Waals surface area contributed by atoms with Crippen molar-refractivity contribution >= 4 is 0 Å². The SMILES string of the molecule is CCOC1CCCCCC1N. The van der Waals surface area contributed by atoms with Gasteiger partial charge in [-0.1, -0.05) is 19.3 Å². The smallest absolute Gasteiger partial charge is 0.0725 e. The second-order valence-electron chi connectivity index (χ2n) is 3.30. The van der Waals surface area contributed by atoms with E-state index in [0.29, 0.717) is 6.10 Å². The Balaban J connectivity index is 2.32. The summed E-state index contributed by atoms with van der Waals surface area (Å²) in [6, 6.07) is 0.289. The molecule has 0 bridgehead atoms. The maximum atomic E-state index is 5.94. The highest BCUT2D eigenvalue weighted by atomic mass is 16.5. The summed E-state index contributed by atoms with van der Waals surface area (Å²) in [6.45, 7) is 2.84. The molecule has 2 atom stereocenters. The van der Waals surface area contributed by atoms with Gasteiger partial charge in [0.05, 0.1) is 6.10 Å². The topological polar surface area (TPSA) is 35.2 Å². The largest absolute Gasteiger partial charge is 0.377 e. The zero-order valence-electron chi connectivity index (χ0n) is 7.38. The average Bonchev–Trinajstić information content (AvgIpc) is 2.18. The molecule has 0 aromatic carbocycles. The highest BCUT2D eigenvalue weighted by Crippen LogP contribution is 2.18. The van der Waals surface area contributed by atoms with Gasteiger partial charge in [0, 0.05) is 12.6 Å². The lowest BCUT2D eigenvalue weighted by atomic mass is 10.1. The Bertz CT molecular complexity index is 106. The maximum Gasteiger partial charge on any atom is 0.0725 e. The van der Waals surface area contributed by atoms with Crippen molar-refractivity contribution in [2.75, 3.05) is 6.61 Å². The lowest BCUT2D eigenvalue weighted by molar-refractivity contribution is 0.0399. The summed E-state index contributed by atoms with van der Waals surface area (Å²) in [4.78, 5) is 0. The number of hydrogen-bond acceptors (Lipinski definition) is 2. The Morgan fingerprint density at radius 2 is 2.00 bits per heavy atom. The Labute approximate surface area is 69.1 Å². The highest BCUT2D eigenvalue weighted by Gasteiger charge is 2.19. The number of rotatable bonds is 2. The summed E-state index contributed by atoms with van der Waals surface area (Å²) in [6.07, 6.45) is 6.54. The number of hydrogen-bond donors (Lipinski definition) is 1. The summed E-state index contributed by atoms with van der Waals surface area (Å²) >= 11 is 0. The van der Waals surface area contributed by atoms with Crippen molar-refractivity contribution in [2.24, 2.45) is 5.73 Å². The Hall–Kier alpha value is -0.0800. The van der Waals surface area contributed by atoms with Gasteiger partial charge >= 0.3 is 0 Å². The van der Waals surface area contributed by atoms with E-state index in [-0.39, 0.29) is 6.04 Å². The first-order valence-electron chi connectivity index (χ1n) is 4.71. The van der Waals surface area contributed by atoms with Gasteiger partial charge in [0.2, 0.25) is 0 Å². The molecule has 0 radical (unpaired) electrons. The van der Waals surface area contributed by atoms with E-state index in [0.717, 1.165) is 19.4 Å². The van der Waals surface area contributed by atoms with E-state index < -0.39 is 0 Å². The summed E-state index contributed by atoms with van der Waals surface area (Å²) < 4.78 is 5.55. The standard InChI is InChI=1S/C9H19NO/c1-2-11-9-7-5-3-4-6-8(9)10/h8-9H,2-7,10H2,1H3. The molecule has 1 aliphatic rings. The lowest BCUT2D eigenvalue weighted by Gasteiger charge is -2.20. The molecule has 0 amide bonds. The van der Waals surface area contributed by atoms with E-state index in [1.807, 2.05) is 6.92 Å². The van der Waals surface area contributed by atoms with Gasteiger partial charge < -0.3 is 10.5 Å². The molecule has 11 heavy (non-hydrogen) atoms. The summed E-state index contributed by atoms with van der Waals surface area (Å²) in [5.74, 6) is 0. The molecule has 1 aliphatic carbocycles. The molecule has 0 saturated heterocycles. The number of ether oxygens (including phenoxy) is 1. The third-order valence-corrected chi connectivity index (χ3v) is 2.38. The number of nitrogens with two attached hydrogens (primary N) is 1. The fourth-order valence-electron chi connectivity index (χ4n) is 1.72. The van der Waals surface area contributed by atoms with Crippen LogP contribution in [0.1, 0.15) is 39.0 Å². The molecule has 2 nitrogen and oxygen atoms in total. The van der Waals surface area contributed by atoms with E-state index in [4.69, 9.17) is 10.5 Å². The van der Waals surface area contributed by atoms with Gasteiger partial charge in [-0.05, 0) is 19.8 Å². The summed E-state index contributed by atoms with van der Waals surface area (Å²) in [5.41, 5.74) is 5.94. The van der Waals surface area contributed by atoms with Crippen LogP contribution in [0.5, 0.6) is 0 Å². The molecule has 1 fully saturated rings. The van der Waals surface area contributed by atoms with Crippen LogP contribution in [-0.2, 0) is 4.74 Å². The molecule has 1 saturated carbocycles. The lowest BCUT2D eigenvalue weighted by Crippen LogP contribution is -2.35. The molecular weight excluding hydrogens is 138 g/mol. The predicted octanol–water partition coefficient (Wildman–Crippen LogP) is 1.68. The van der Waals surface area contributed by atoms with Crippen molar-refractivity contribution in [3.63, 3.8) is 0 Å².